The third-order valence-corrected chi connectivity index (χ3v) is 4.66. The number of aromatic nitrogens is 1. The molecule has 1 aromatic rings. The Kier molecular flexibility index (Phi) is 4.91. The van der Waals surface area contributed by atoms with Crippen molar-refractivity contribution < 1.29 is 4.74 Å². The Morgan fingerprint density at radius 2 is 1.90 bits per heavy atom. The molecule has 2 aliphatic carbocycles. The molecule has 0 spiro atoms. The highest BCUT2D eigenvalue weighted by molar-refractivity contribution is 5.13. The van der Waals surface area contributed by atoms with Gasteiger partial charge < -0.3 is 10.1 Å². The minimum atomic E-state index is 0.418. The lowest BCUT2D eigenvalue weighted by atomic mass is 9.82. The molecule has 1 N–H and O–H groups in total. The summed E-state index contributed by atoms with van der Waals surface area (Å²) in [5.74, 6) is 1.59. The second-order valence-corrected chi connectivity index (χ2v) is 7.16. The summed E-state index contributed by atoms with van der Waals surface area (Å²) in [7, 11) is 0. The highest BCUT2D eigenvalue weighted by Crippen LogP contribution is 2.30. The van der Waals surface area contributed by atoms with Gasteiger partial charge in [0.05, 0.1) is 18.4 Å². The van der Waals surface area contributed by atoms with Crippen LogP contribution in [0.2, 0.25) is 0 Å². The minimum absolute atomic E-state index is 0.418. The summed E-state index contributed by atoms with van der Waals surface area (Å²) in [6, 6.07) is 5.04. The van der Waals surface area contributed by atoms with Crippen molar-refractivity contribution in [2.45, 2.75) is 71.2 Å². The molecular weight excluding hydrogens is 260 g/mol. The first-order valence-corrected chi connectivity index (χ1v) is 8.48. The first-order chi connectivity index (χ1) is 10.2. The Labute approximate surface area is 128 Å². The van der Waals surface area contributed by atoms with Gasteiger partial charge in [-0.25, -0.2) is 0 Å². The summed E-state index contributed by atoms with van der Waals surface area (Å²) in [5, 5.41) is 3.51. The van der Waals surface area contributed by atoms with E-state index in [4.69, 9.17) is 4.74 Å². The zero-order valence-corrected chi connectivity index (χ0v) is 13.3. The second kappa shape index (κ2) is 6.89. The van der Waals surface area contributed by atoms with E-state index in [0.717, 1.165) is 30.1 Å². The van der Waals surface area contributed by atoms with Gasteiger partial charge in [-0.1, -0.05) is 19.9 Å². The van der Waals surface area contributed by atoms with Crippen LogP contribution in [0.1, 0.15) is 57.2 Å². The van der Waals surface area contributed by atoms with Crippen molar-refractivity contribution in [3.63, 3.8) is 0 Å². The fraction of sp³-hybridized carbons (Fsp3) is 0.722. The van der Waals surface area contributed by atoms with Crippen LogP contribution in [0.4, 0.5) is 0 Å². The number of hydrogen-bond acceptors (Lipinski definition) is 3. The number of hydrogen-bond donors (Lipinski definition) is 1. The molecular formula is C18H28N2O. The molecule has 2 fully saturated rings. The predicted molar refractivity (Wildman–Crippen MR) is 84.9 cm³/mol. The monoisotopic (exact) mass is 288 g/mol. The van der Waals surface area contributed by atoms with Crippen LogP contribution in [0.15, 0.2) is 18.3 Å². The highest BCUT2D eigenvalue weighted by atomic mass is 16.5. The first-order valence-electron chi connectivity index (χ1n) is 8.48. The summed E-state index contributed by atoms with van der Waals surface area (Å²) >= 11 is 0. The molecule has 0 bridgehead atoms. The molecule has 0 saturated heterocycles. The Bertz CT molecular complexity index is 431. The van der Waals surface area contributed by atoms with Crippen molar-refractivity contribution in [2.75, 3.05) is 0 Å². The summed E-state index contributed by atoms with van der Waals surface area (Å²) in [4.78, 5) is 4.53. The van der Waals surface area contributed by atoms with Gasteiger partial charge in [-0.05, 0) is 55.6 Å². The van der Waals surface area contributed by atoms with Crippen molar-refractivity contribution in [3.8, 4) is 0 Å². The molecule has 21 heavy (non-hydrogen) atoms. The van der Waals surface area contributed by atoms with Crippen molar-refractivity contribution >= 4 is 0 Å². The highest BCUT2D eigenvalue weighted by Gasteiger charge is 2.24. The summed E-state index contributed by atoms with van der Waals surface area (Å²) in [5.41, 5.74) is 2.32. The number of nitrogens with zero attached hydrogens (tertiary/aromatic N) is 1. The molecule has 0 aliphatic heterocycles. The van der Waals surface area contributed by atoms with Gasteiger partial charge in [-0.15, -0.1) is 0 Å². The van der Waals surface area contributed by atoms with E-state index in [-0.39, 0.29) is 0 Å². The minimum Gasteiger partial charge on any atom is -0.372 e. The molecule has 1 aromatic heterocycles. The van der Waals surface area contributed by atoms with Crippen LogP contribution in [0.5, 0.6) is 0 Å². The topological polar surface area (TPSA) is 34.1 Å². The first kappa shape index (κ1) is 15.0. The van der Waals surface area contributed by atoms with E-state index in [1.54, 1.807) is 0 Å². The Balaban J connectivity index is 1.43. The lowest BCUT2D eigenvalue weighted by Crippen LogP contribution is -2.26. The van der Waals surface area contributed by atoms with E-state index in [2.05, 4.69) is 36.3 Å². The quantitative estimate of drug-likeness (QED) is 0.867. The average molecular weight is 288 g/mol. The largest absolute Gasteiger partial charge is 0.372 e. The predicted octanol–water partition coefficient (Wildman–Crippen LogP) is 3.67. The number of pyridine rings is 1. The van der Waals surface area contributed by atoms with Gasteiger partial charge >= 0.3 is 0 Å². The van der Waals surface area contributed by atoms with E-state index in [0.29, 0.717) is 12.7 Å². The molecule has 2 saturated carbocycles. The molecule has 0 aromatic carbocycles. The molecule has 3 rings (SSSR count). The molecule has 2 atom stereocenters. The SMILES string of the molecule is CC1CC(C)CC(OCc2ccc(CNC3CC3)cn2)C1. The molecule has 3 nitrogen and oxygen atoms in total. The van der Waals surface area contributed by atoms with Crippen molar-refractivity contribution in [3.05, 3.63) is 29.6 Å². The standard InChI is InChI=1S/C18H28N2O/c1-13-7-14(2)9-18(8-13)21-12-17-4-3-15(11-20-17)10-19-16-5-6-16/h3-4,11,13-14,16,18-19H,5-10,12H2,1-2H3. The van der Waals surface area contributed by atoms with Gasteiger partial charge in [0.15, 0.2) is 0 Å². The van der Waals surface area contributed by atoms with Crippen LogP contribution in [0.3, 0.4) is 0 Å². The molecule has 116 valence electrons. The van der Waals surface area contributed by atoms with Gasteiger partial charge in [-0.3, -0.25) is 4.98 Å². The summed E-state index contributed by atoms with van der Waals surface area (Å²) in [6.07, 6.45) is 8.82. The normalized spacial score (nSPS) is 29.5. The third kappa shape index (κ3) is 4.79. The molecule has 0 amide bonds. The van der Waals surface area contributed by atoms with Gasteiger partial charge in [0, 0.05) is 18.8 Å². The lowest BCUT2D eigenvalue weighted by Gasteiger charge is -2.31. The Morgan fingerprint density at radius 3 is 2.52 bits per heavy atom. The Hall–Kier alpha value is -0.930. The van der Waals surface area contributed by atoms with Gasteiger partial charge in [-0.2, -0.15) is 0 Å². The molecule has 2 aliphatic rings. The van der Waals surface area contributed by atoms with E-state index in [9.17, 15) is 0 Å². The van der Waals surface area contributed by atoms with Crippen LogP contribution in [0, 0.1) is 11.8 Å². The maximum absolute atomic E-state index is 6.08. The number of rotatable bonds is 6. The van der Waals surface area contributed by atoms with Crippen LogP contribution in [0.25, 0.3) is 0 Å². The van der Waals surface area contributed by atoms with Crippen molar-refractivity contribution in [1.29, 1.82) is 0 Å². The average Bonchev–Trinajstić information content (AvgIpc) is 3.27. The number of ether oxygens (including phenoxy) is 1. The molecule has 0 radical (unpaired) electrons. The maximum atomic E-state index is 6.08. The fourth-order valence-electron chi connectivity index (χ4n) is 3.41. The maximum Gasteiger partial charge on any atom is 0.0891 e. The van der Waals surface area contributed by atoms with E-state index in [1.807, 2.05) is 6.20 Å². The van der Waals surface area contributed by atoms with Crippen LogP contribution >= 0.6 is 0 Å². The molecule has 1 heterocycles. The summed E-state index contributed by atoms with van der Waals surface area (Å²) < 4.78 is 6.08. The van der Waals surface area contributed by atoms with Crippen molar-refractivity contribution in [2.24, 2.45) is 11.8 Å². The lowest BCUT2D eigenvalue weighted by molar-refractivity contribution is -0.0105. The fourth-order valence-corrected chi connectivity index (χ4v) is 3.41. The zero-order chi connectivity index (χ0) is 14.7. The second-order valence-electron chi connectivity index (χ2n) is 7.16. The number of nitrogens with one attached hydrogen (secondary N) is 1. The molecule has 2 unspecified atom stereocenters. The summed E-state index contributed by atoms with van der Waals surface area (Å²) in [6.45, 7) is 6.27. The smallest absolute Gasteiger partial charge is 0.0891 e. The van der Waals surface area contributed by atoms with E-state index >= 15 is 0 Å². The van der Waals surface area contributed by atoms with Crippen LogP contribution in [-0.4, -0.2) is 17.1 Å². The van der Waals surface area contributed by atoms with E-state index < -0.39 is 0 Å². The zero-order valence-electron chi connectivity index (χ0n) is 13.3. The van der Waals surface area contributed by atoms with E-state index in [1.165, 1.54) is 37.7 Å². The van der Waals surface area contributed by atoms with Gasteiger partial charge in [0.2, 0.25) is 0 Å². The van der Waals surface area contributed by atoms with Gasteiger partial charge in [0.25, 0.3) is 0 Å². The molecule has 3 heteroatoms. The third-order valence-electron chi connectivity index (χ3n) is 4.66. The van der Waals surface area contributed by atoms with Gasteiger partial charge in [0.1, 0.15) is 0 Å². The van der Waals surface area contributed by atoms with Crippen LogP contribution in [-0.2, 0) is 17.9 Å². The van der Waals surface area contributed by atoms with Crippen LogP contribution < -0.4 is 5.32 Å². The Morgan fingerprint density at radius 1 is 1.14 bits per heavy atom. The van der Waals surface area contributed by atoms with Crippen molar-refractivity contribution in [1.82, 2.24) is 10.3 Å².